The van der Waals surface area contributed by atoms with Crippen molar-refractivity contribution < 1.29 is 9.47 Å². The predicted molar refractivity (Wildman–Crippen MR) is 93.9 cm³/mol. The Kier molecular flexibility index (Phi) is 8.03. The van der Waals surface area contributed by atoms with Gasteiger partial charge in [-0.05, 0) is 48.4 Å². The Morgan fingerprint density at radius 3 is 2.04 bits per heavy atom. The standard InChI is InChI=1S/C20H27NO2/c1-2-3-4-5-6-7-16-22-19-8-10-20(11-9-19)23-17-18-12-14-21-15-13-18/h8-15H,2-7,16-17H2,1H3. The van der Waals surface area contributed by atoms with Crippen LogP contribution in [0.4, 0.5) is 0 Å². The maximum atomic E-state index is 5.77. The van der Waals surface area contributed by atoms with Crippen LogP contribution < -0.4 is 9.47 Å². The molecule has 1 aromatic heterocycles. The number of benzene rings is 1. The molecule has 2 rings (SSSR count). The molecule has 0 spiro atoms. The molecule has 0 atom stereocenters. The summed E-state index contributed by atoms with van der Waals surface area (Å²) in [5.74, 6) is 1.77. The number of aromatic nitrogens is 1. The third-order valence-corrected chi connectivity index (χ3v) is 3.75. The third-order valence-electron chi connectivity index (χ3n) is 3.75. The number of nitrogens with zero attached hydrogens (tertiary/aromatic N) is 1. The van der Waals surface area contributed by atoms with E-state index in [9.17, 15) is 0 Å². The third kappa shape index (κ3) is 7.18. The second-order valence-corrected chi connectivity index (χ2v) is 5.73. The second-order valence-electron chi connectivity index (χ2n) is 5.73. The summed E-state index contributed by atoms with van der Waals surface area (Å²) in [5, 5.41) is 0. The van der Waals surface area contributed by atoms with Gasteiger partial charge in [0.2, 0.25) is 0 Å². The largest absolute Gasteiger partial charge is 0.494 e. The van der Waals surface area contributed by atoms with E-state index in [0.29, 0.717) is 6.61 Å². The molecule has 0 amide bonds. The van der Waals surface area contributed by atoms with Crippen molar-refractivity contribution in [2.75, 3.05) is 6.61 Å². The number of hydrogen-bond acceptors (Lipinski definition) is 3. The summed E-state index contributed by atoms with van der Waals surface area (Å²) in [4.78, 5) is 4.00. The van der Waals surface area contributed by atoms with Crippen LogP contribution in [0.1, 0.15) is 51.0 Å². The fourth-order valence-corrected chi connectivity index (χ4v) is 2.35. The van der Waals surface area contributed by atoms with Gasteiger partial charge in [-0.2, -0.15) is 0 Å². The van der Waals surface area contributed by atoms with Crippen molar-refractivity contribution in [2.45, 2.75) is 52.1 Å². The van der Waals surface area contributed by atoms with Crippen LogP contribution in [0, 0.1) is 0 Å². The normalized spacial score (nSPS) is 10.5. The zero-order chi connectivity index (χ0) is 16.2. The van der Waals surface area contributed by atoms with Gasteiger partial charge in [0, 0.05) is 12.4 Å². The van der Waals surface area contributed by atoms with Crippen LogP contribution in [0.5, 0.6) is 11.5 Å². The molecular weight excluding hydrogens is 286 g/mol. The smallest absolute Gasteiger partial charge is 0.120 e. The monoisotopic (exact) mass is 313 g/mol. The Bertz CT molecular complexity index is 525. The molecule has 0 saturated carbocycles. The molecule has 1 aromatic carbocycles. The minimum Gasteiger partial charge on any atom is -0.494 e. The molecule has 0 radical (unpaired) electrons. The summed E-state index contributed by atoms with van der Waals surface area (Å²) in [7, 11) is 0. The first-order chi connectivity index (χ1) is 11.4. The van der Waals surface area contributed by atoms with E-state index in [1.54, 1.807) is 12.4 Å². The summed E-state index contributed by atoms with van der Waals surface area (Å²) in [6.45, 7) is 3.59. The van der Waals surface area contributed by atoms with E-state index in [2.05, 4.69) is 11.9 Å². The van der Waals surface area contributed by atoms with Crippen LogP contribution in [0.15, 0.2) is 48.8 Å². The fourth-order valence-electron chi connectivity index (χ4n) is 2.35. The molecule has 3 heteroatoms. The Hall–Kier alpha value is -2.03. The van der Waals surface area contributed by atoms with Gasteiger partial charge >= 0.3 is 0 Å². The van der Waals surface area contributed by atoms with Crippen molar-refractivity contribution in [3.05, 3.63) is 54.4 Å². The van der Waals surface area contributed by atoms with Gasteiger partial charge in [-0.15, -0.1) is 0 Å². The van der Waals surface area contributed by atoms with Gasteiger partial charge in [0.25, 0.3) is 0 Å². The van der Waals surface area contributed by atoms with Gasteiger partial charge in [-0.3, -0.25) is 4.98 Å². The van der Waals surface area contributed by atoms with Gasteiger partial charge in [-0.25, -0.2) is 0 Å². The molecule has 2 aromatic rings. The Labute approximate surface area is 139 Å². The van der Waals surface area contributed by atoms with E-state index < -0.39 is 0 Å². The van der Waals surface area contributed by atoms with Crippen LogP contribution in [-0.4, -0.2) is 11.6 Å². The summed E-state index contributed by atoms with van der Waals surface area (Å²) in [6, 6.07) is 11.8. The highest BCUT2D eigenvalue weighted by Gasteiger charge is 1.98. The van der Waals surface area contributed by atoms with E-state index in [-0.39, 0.29) is 0 Å². The van der Waals surface area contributed by atoms with Crippen LogP contribution in [0.3, 0.4) is 0 Å². The van der Waals surface area contributed by atoms with Crippen LogP contribution in [0.2, 0.25) is 0 Å². The predicted octanol–water partition coefficient (Wildman–Crippen LogP) is 5.40. The van der Waals surface area contributed by atoms with Gasteiger partial charge in [-0.1, -0.05) is 39.0 Å². The topological polar surface area (TPSA) is 31.4 Å². The van der Waals surface area contributed by atoms with Crippen molar-refractivity contribution >= 4 is 0 Å². The molecule has 0 N–H and O–H groups in total. The number of ether oxygens (including phenoxy) is 2. The molecule has 0 aliphatic rings. The minimum absolute atomic E-state index is 0.556. The number of unbranched alkanes of at least 4 members (excludes halogenated alkanes) is 5. The molecule has 1 heterocycles. The second kappa shape index (κ2) is 10.7. The van der Waals surface area contributed by atoms with Gasteiger partial charge in [0.05, 0.1) is 6.61 Å². The Morgan fingerprint density at radius 2 is 1.35 bits per heavy atom. The molecule has 23 heavy (non-hydrogen) atoms. The quantitative estimate of drug-likeness (QED) is 0.520. The number of hydrogen-bond donors (Lipinski definition) is 0. The molecule has 0 fully saturated rings. The highest BCUT2D eigenvalue weighted by Crippen LogP contribution is 2.19. The molecule has 124 valence electrons. The molecular formula is C20H27NO2. The molecule has 0 bridgehead atoms. The molecule has 0 unspecified atom stereocenters. The summed E-state index contributed by atoms with van der Waals surface area (Å²) < 4.78 is 11.5. The van der Waals surface area contributed by atoms with E-state index in [4.69, 9.17) is 9.47 Å². The van der Waals surface area contributed by atoms with Crippen LogP contribution in [0.25, 0.3) is 0 Å². The highest BCUT2D eigenvalue weighted by atomic mass is 16.5. The van der Waals surface area contributed by atoms with Crippen molar-refractivity contribution in [1.29, 1.82) is 0 Å². The Morgan fingerprint density at radius 1 is 0.739 bits per heavy atom. The lowest BCUT2D eigenvalue weighted by Gasteiger charge is -2.09. The van der Waals surface area contributed by atoms with E-state index >= 15 is 0 Å². The Balaban J connectivity index is 1.62. The van der Waals surface area contributed by atoms with Gasteiger partial charge < -0.3 is 9.47 Å². The molecule has 0 saturated heterocycles. The average Bonchev–Trinajstić information content (AvgIpc) is 2.61. The van der Waals surface area contributed by atoms with Crippen LogP contribution >= 0.6 is 0 Å². The number of rotatable bonds is 11. The van der Waals surface area contributed by atoms with E-state index in [1.807, 2.05) is 36.4 Å². The van der Waals surface area contributed by atoms with E-state index in [1.165, 1.54) is 32.1 Å². The summed E-state index contributed by atoms with van der Waals surface area (Å²) in [5.41, 5.74) is 1.11. The maximum absolute atomic E-state index is 5.77. The zero-order valence-corrected chi connectivity index (χ0v) is 14.0. The molecule has 0 aliphatic heterocycles. The first kappa shape index (κ1) is 17.3. The van der Waals surface area contributed by atoms with Crippen molar-refractivity contribution in [3.8, 4) is 11.5 Å². The summed E-state index contributed by atoms with van der Waals surface area (Å²) >= 11 is 0. The first-order valence-corrected chi connectivity index (χ1v) is 8.63. The van der Waals surface area contributed by atoms with Gasteiger partial charge in [0.1, 0.15) is 18.1 Å². The van der Waals surface area contributed by atoms with Crippen molar-refractivity contribution in [2.24, 2.45) is 0 Å². The summed E-state index contributed by atoms with van der Waals surface area (Å²) in [6.07, 6.45) is 11.2. The van der Waals surface area contributed by atoms with Crippen LogP contribution in [-0.2, 0) is 6.61 Å². The fraction of sp³-hybridized carbons (Fsp3) is 0.450. The van der Waals surface area contributed by atoms with Gasteiger partial charge in [0.15, 0.2) is 0 Å². The van der Waals surface area contributed by atoms with Crippen molar-refractivity contribution in [3.63, 3.8) is 0 Å². The minimum atomic E-state index is 0.556. The lowest BCUT2D eigenvalue weighted by molar-refractivity contribution is 0.296. The van der Waals surface area contributed by atoms with E-state index in [0.717, 1.165) is 30.1 Å². The average molecular weight is 313 g/mol. The number of pyridine rings is 1. The lowest BCUT2D eigenvalue weighted by Crippen LogP contribution is -1.98. The molecule has 3 nitrogen and oxygen atoms in total. The molecule has 0 aliphatic carbocycles. The van der Waals surface area contributed by atoms with Crippen molar-refractivity contribution in [1.82, 2.24) is 4.98 Å². The maximum Gasteiger partial charge on any atom is 0.120 e. The lowest BCUT2D eigenvalue weighted by atomic mass is 10.1. The first-order valence-electron chi connectivity index (χ1n) is 8.63. The highest BCUT2D eigenvalue weighted by molar-refractivity contribution is 5.31. The SMILES string of the molecule is CCCCCCCCOc1ccc(OCc2ccncc2)cc1. The zero-order valence-electron chi connectivity index (χ0n) is 14.0.